The van der Waals surface area contributed by atoms with Crippen LogP contribution in [0.25, 0.3) is 0 Å². The maximum atomic E-state index is 12.9. The standard InChI is InChI=1S/C22H23N3O3S/c1-17-13-14-19(15-21(17)24-29(2,27)28)22(26)23-25(20-11-7-4-8-12-20)16-18-9-5-3-6-10-18/h3-15,24H,16H2,1-2H3,(H,23,26). The molecule has 0 bridgehead atoms. The van der Waals surface area contributed by atoms with E-state index in [1.54, 1.807) is 24.1 Å². The van der Waals surface area contributed by atoms with Crippen LogP contribution < -0.4 is 15.2 Å². The molecule has 0 unspecified atom stereocenters. The van der Waals surface area contributed by atoms with Gasteiger partial charge in [0.2, 0.25) is 10.0 Å². The third-order valence-corrected chi connectivity index (χ3v) is 4.87. The lowest BCUT2D eigenvalue weighted by Crippen LogP contribution is -2.42. The summed E-state index contributed by atoms with van der Waals surface area (Å²) < 4.78 is 25.6. The van der Waals surface area contributed by atoms with Crippen molar-refractivity contribution in [2.24, 2.45) is 0 Å². The van der Waals surface area contributed by atoms with Crippen molar-refractivity contribution in [2.75, 3.05) is 16.0 Å². The largest absolute Gasteiger partial charge is 0.283 e. The van der Waals surface area contributed by atoms with Crippen molar-refractivity contribution in [2.45, 2.75) is 13.5 Å². The van der Waals surface area contributed by atoms with Crippen LogP contribution in [0.4, 0.5) is 11.4 Å². The Hall–Kier alpha value is -3.32. The second-order valence-electron chi connectivity index (χ2n) is 6.75. The van der Waals surface area contributed by atoms with E-state index < -0.39 is 10.0 Å². The van der Waals surface area contributed by atoms with Crippen LogP contribution in [0.5, 0.6) is 0 Å². The first-order valence-electron chi connectivity index (χ1n) is 9.08. The minimum absolute atomic E-state index is 0.332. The van der Waals surface area contributed by atoms with Gasteiger partial charge < -0.3 is 0 Å². The number of sulfonamides is 1. The van der Waals surface area contributed by atoms with Crippen molar-refractivity contribution >= 4 is 27.3 Å². The van der Waals surface area contributed by atoms with E-state index in [0.717, 1.165) is 23.1 Å². The number of nitrogens with zero attached hydrogens (tertiary/aromatic N) is 1. The SMILES string of the molecule is Cc1ccc(C(=O)NN(Cc2ccccc2)c2ccccc2)cc1NS(C)(=O)=O. The fraction of sp³-hybridized carbons (Fsp3) is 0.136. The van der Waals surface area contributed by atoms with E-state index in [9.17, 15) is 13.2 Å². The van der Waals surface area contributed by atoms with Gasteiger partial charge >= 0.3 is 0 Å². The Bertz CT molecular complexity index is 1080. The molecule has 0 spiro atoms. The zero-order chi connectivity index (χ0) is 20.9. The third kappa shape index (κ3) is 5.83. The van der Waals surface area contributed by atoms with Crippen molar-refractivity contribution in [3.05, 3.63) is 95.6 Å². The molecule has 0 radical (unpaired) electrons. The maximum absolute atomic E-state index is 12.9. The molecule has 6 nitrogen and oxygen atoms in total. The number of nitrogens with one attached hydrogen (secondary N) is 2. The topological polar surface area (TPSA) is 78.5 Å². The van der Waals surface area contributed by atoms with Gasteiger partial charge in [-0.2, -0.15) is 0 Å². The van der Waals surface area contributed by atoms with Crippen LogP contribution in [-0.2, 0) is 16.6 Å². The number of carbonyl (C=O) groups is 1. The number of anilines is 2. The maximum Gasteiger partial charge on any atom is 0.269 e. The van der Waals surface area contributed by atoms with Gasteiger partial charge in [-0.25, -0.2) is 8.42 Å². The number of hydrazine groups is 1. The number of amides is 1. The first kappa shape index (κ1) is 20.4. The molecule has 29 heavy (non-hydrogen) atoms. The molecule has 0 aromatic heterocycles. The van der Waals surface area contributed by atoms with Crippen molar-refractivity contribution < 1.29 is 13.2 Å². The van der Waals surface area contributed by atoms with E-state index in [1.165, 1.54) is 6.07 Å². The normalized spacial score (nSPS) is 11.0. The van der Waals surface area contributed by atoms with Crippen LogP contribution in [-0.4, -0.2) is 20.6 Å². The average molecular weight is 410 g/mol. The Kier molecular flexibility index (Phi) is 6.19. The molecule has 2 N–H and O–H groups in total. The second-order valence-corrected chi connectivity index (χ2v) is 8.50. The highest BCUT2D eigenvalue weighted by atomic mass is 32.2. The molecule has 0 aliphatic carbocycles. The molecule has 150 valence electrons. The molecular formula is C22H23N3O3S. The second kappa shape index (κ2) is 8.79. The van der Waals surface area contributed by atoms with Gasteiger partial charge in [-0.05, 0) is 42.3 Å². The number of aryl methyl sites for hydroxylation is 1. The monoisotopic (exact) mass is 409 g/mol. The summed E-state index contributed by atoms with van der Waals surface area (Å²) in [5.41, 5.74) is 6.28. The summed E-state index contributed by atoms with van der Waals surface area (Å²) in [4.78, 5) is 12.9. The van der Waals surface area contributed by atoms with E-state index in [0.29, 0.717) is 17.8 Å². The molecule has 0 aliphatic rings. The summed E-state index contributed by atoms with van der Waals surface area (Å²) in [6.07, 6.45) is 1.08. The number of hydrogen-bond donors (Lipinski definition) is 2. The molecule has 0 heterocycles. The van der Waals surface area contributed by atoms with Crippen molar-refractivity contribution in [1.29, 1.82) is 0 Å². The van der Waals surface area contributed by atoms with Gasteiger partial charge in [0.1, 0.15) is 0 Å². The minimum atomic E-state index is -3.44. The number of para-hydroxylation sites is 1. The number of rotatable bonds is 7. The Morgan fingerprint density at radius 1 is 0.931 bits per heavy atom. The summed E-state index contributed by atoms with van der Waals surface area (Å²) >= 11 is 0. The number of carbonyl (C=O) groups excluding carboxylic acids is 1. The highest BCUT2D eigenvalue weighted by molar-refractivity contribution is 7.92. The van der Waals surface area contributed by atoms with Crippen LogP contribution in [0.2, 0.25) is 0 Å². The van der Waals surface area contributed by atoms with Crippen LogP contribution >= 0.6 is 0 Å². The predicted octanol–water partition coefficient (Wildman–Crippen LogP) is 3.72. The average Bonchev–Trinajstić information content (AvgIpc) is 2.69. The molecule has 0 saturated carbocycles. The van der Waals surface area contributed by atoms with Gasteiger partial charge in [-0.15, -0.1) is 0 Å². The summed E-state index contributed by atoms with van der Waals surface area (Å²) in [5, 5.41) is 1.77. The zero-order valence-corrected chi connectivity index (χ0v) is 17.1. The number of hydrogen-bond acceptors (Lipinski definition) is 4. The molecule has 0 fully saturated rings. The Morgan fingerprint density at radius 3 is 2.17 bits per heavy atom. The molecule has 1 amide bonds. The first-order chi connectivity index (χ1) is 13.8. The van der Waals surface area contributed by atoms with Crippen molar-refractivity contribution in [3.63, 3.8) is 0 Å². The van der Waals surface area contributed by atoms with Crippen LogP contribution in [0.3, 0.4) is 0 Å². The highest BCUT2D eigenvalue weighted by Gasteiger charge is 2.15. The molecule has 3 rings (SSSR count). The van der Waals surface area contributed by atoms with Gasteiger partial charge in [-0.1, -0.05) is 54.6 Å². The third-order valence-electron chi connectivity index (χ3n) is 4.28. The van der Waals surface area contributed by atoms with Crippen molar-refractivity contribution in [3.8, 4) is 0 Å². The predicted molar refractivity (Wildman–Crippen MR) is 116 cm³/mol. The molecular weight excluding hydrogens is 386 g/mol. The fourth-order valence-electron chi connectivity index (χ4n) is 2.83. The van der Waals surface area contributed by atoms with E-state index in [4.69, 9.17) is 0 Å². The fourth-order valence-corrected chi connectivity index (χ4v) is 3.45. The molecule has 0 aliphatic heterocycles. The van der Waals surface area contributed by atoms with E-state index in [1.807, 2.05) is 60.7 Å². The van der Waals surface area contributed by atoms with Gasteiger partial charge in [0.05, 0.1) is 24.2 Å². The van der Waals surface area contributed by atoms with Crippen LogP contribution in [0, 0.1) is 6.92 Å². The Morgan fingerprint density at radius 2 is 1.55 bits per heavy atom. The van der Waals surface area contributed by atoms with Gasteiger partial charge in [0.25, 0.3) is 5.91 Å². The smallest absolute Gasteiger partial charge is 0.269 e. The summed E-state index contributed by atoms with van der Waals surface area (Å²) in [5.74, 6) is -0.332. The molecule has 0 saturated heterocycles. The lowest BCUT2D eigenvalue weighted by Gasteiger charge is -2.26. The lowest BCUT2D eigenvalue weighted by atomic mass is 10.1. The van der Waals surface area contributed by atoms with Crippen LogP contribution in [0.15, 0.2) is 78.9 Å². The van der Waals surface area contributed by atoms with Gasteiger partial charge in [0.15, 0.2) is 0 Å². The first-order valence-corrected chi connectivity index (χ1v) is 11.0. The quantitative estimate of drug-likeness (QED) is 0.583. The van der Waals surface area contributed by atoms with Crippen LogP contribution in [0.1, 0.15) is 21.5 Å². The summed E-state index contributed by atoms with van der Waals surface area (Å²) in [7, 11) is -3.44. The molecule has 3 aromatic carbocycles. The molecule has 3 aromatic rings. The van der Waals surface area contributed by atoms with Gasteiger partial charge in [-0.3, -0.25) is 20.0 Å². The van der Waals surface area contributed by atoms with E-state index in [-0.39, 0.29) is 5.91 Å². The van der Waals surface area contributed by atoms with Crippen molar-refractivity contribution in [1.82, 2.24) is 5.43 Å². The van der Waals surface area contributed by atoms with E-state index in [2.05, 4.69) is 10.1 Å². The summed E-state index contributed by atoms with van der Waals surface area (Å²) in [6.45, 7) is 2.26. The Labute approximate surface area is 171 Å². The molecule has 7 heteroatoms. The Balaban J connectivity index is 1.86. The highest BCUT2D eigenvalue weighted by Crippen LogP contribution is 2.19. The minimum Gasteiger partial charge on any atom is -0.283 e. The molecule has 0 atom stereocenters. The number of benzene rings is 3. The van der Waals surface area contributed by atoms with Gasteiger partial charge in [0, 0.05) is 5.56 Å². The van der Waals surface area contributed by atoms with E-state index >= 15 is 0 Å². The lowest BCUT2D eigenvalue weighted by molar-refractivity contribution is 0.0948. The zero-order valence-electron chi connectivity index (χ0n) is 16.3. The summed E-state index contributed by atoms with van der Waals surface area (Å²) in [6, 6.07) is 24.3.